The molecule has 1 atom stereocenters. The number of carboxylic acid groups (broad SMARTS) is 1. The van der Waals surface area contributed by atoms with E-state index in [-0.39, 0.29) is 12.6 Å². The summed E-state index contributed by atoms with van der Waals surface area (Å²) >= 11 is 0. The fourth-order valence-electron chi connectivity index (χ4n) is 1.45. The Labute approximate surface area is 120 Å². The third-order valence-corrected chi connectivity index (χ3v) is 3.34. The summed E-state index contributed by atoms with van der Waals surface area (Å²) in [5.41, 5.74) is -0.955. The highest BCUT2D eigenvalue weighted by Crippen LogP contribution is 2.19. The molecular formula is C13H26N2O5. The Morgan fingerprint density at radius 3 is 2.05 bits per heavy atom. The molecule has 0 saturated heterocycles. The van der Waals surface area contributed by atoms with Crippen molar-refractivity contribution in [1.82, 2.24) is 10.2 Å². The van der Waals surface area contributed by atoms with Gasteiger partial charge in [0.2, 0.25) is 0 Å². The Morgan fingerprint density at radius 1 is 1.20 bits per heavy atom. The molecule has 0 saturated carbocycles. The summed E-state index contributed by atoms with van der Waals surface area (Å²) in [5, 5.41) is 11.8. The molecule has 0 bridgehead atoms. The molecule has 0 aromatic heterocycles. The molecule has 0 rings (SSSR count). The molecule has 0 heterocycles. The minimum absolute atomic E-state index is 0.0914. The van der Waals surface area contributed by atoms with Gasteiger partial charge in [-0.25, -0.2) is 4.79 Å². The van der Waals surface area contributed by atoms with Crippen LogP contribution in [0, 0.1) is 5.41 Å². The summed E-state index contributed by atoms with van der Waals surface area (Å²) in [6.07, 6.45) is 0.443. The minimum Gasteiger partial charge on any atom is -0.481 e. The second kappa shape index (κ2) is 9.55. The lowest BCUT2D eigenvalue weighted by molar-refractivity contribution is -0.147. The van der Waals surface area contributed by atoms with Crippen LogP contribution in [0.4, 0.5) is 4.79 Å². The number of carbonyl (C=O) groups excluding carboxylic acids is 1. The first-order valence-electron chi connectivity index (χ1n) is 6.65. The molecule has 0 aromatic carbocycles. The van der Waals surface area contributed by atoms with Gasteiger partial charge < -0.3 is 24.8 Å². The van der Waals surface area contributed by atoms with Gasteiger partial charge in [0.05, 0.1) is 18.6 Å². The summed E-state index contributed by atoms with van der Waals surface area (Å²) < 4.78 is 9.90. The Hall–Kier alpha value is -1.34. The van der Waals surface area contributed by atoms with E-state index >= 15 is 0 Å². The molecule has 0 spiro atoms. The second-order valence-electron chi connectivity index (χ2n) is 4.85. The molecule has 0 fully saturated rings. The lowest BCUT2D eigenvalue weighted by atomic mass is 9.88. The lowest BCUT2D eigenvalue weighted by Gasteiger charge is -2.27. The van der Waals surface area contributed by atoms with Crippen molar-refractivity contribution in [3.8, 4) is 0 Å². The quantitative estimate of drug-likeness (QED) is 0.621. The Balaban J connectivity index is 4.46. The number of nitrogens with one attached hydrogen (secondary N) is 1. The minimum atomic E-state index is -0.955. The van der Waals surface area contributed by atoms with Gasteiger partial charge in [-0.15, -0.1) is 0 Å². The zero-order valence-electron chi connectivity index (χ0n) is 12.8. The van der Waals surface area contributed by atoms with Gasteiger partial charge in [-0.3, -0.25) is 4.79 Å². The number of methoxy groups -OCH3 is 2. The van der Waals surface area contributed by atoms with E-state index in [1.54, 1.807) is 33.0 Å². The van der Waals surface area contributed by atoms with Crippen molar-refractivity contribution in [2.45, 2.75) is 20.3 Å². The third-order valence-electron chi connectivity index (χ3n) is 3.34. The van der Waals surface area contributed by atoms with Crippen molar-refractivity contribution in [1.29, 1.82) is 0 Å². The topological polar surface area (TPSA) is 88.1 Å². The van der Waals surface area contributed by atoms with Crippen molar-refractivity contribution >= 4 is 12.0 Å². The molecule has 0 aromatic rings. The van der Waals surface area contributed by atoms with Crippen LogP contribution in [0.15, 0.2) is 0 Å². The smallest absolute Gasteiger partial charge is 0.317 e. The Bertz CT molecular complexity index is 303. The van der Waals surface area contributed by atoms with Crippen molar-refractivity contribution in [2.75, 3.05) is 47.1 Å². The number of carbonyl (C=O) groups is 2. The van der Waals surface area contributed by atoms with E-state index in [9.17, 15) is 9.59 Å². The maximum atomic E-state index is 12.1. The lowest BCUT2D eigenvalue weighted by Crippen LogP contribution is -2.48. The van der Waals surface area contributed by atoms with Gasteiger partial charge in [-0.2, -0.15) is 0 Å². The average molecular weight is 290 g/mol. The fraction of sp³-hybridized carbons (Fsp3) is 0.846. The summed E-state index contributed by atoms with van der Waals surface area (Å²) in [6.45, 7) is 5.19. The normalized spacial score (nSPS) is 13.6. The van der Waals surface area contributed by atoms with E-state index in [1.165, 1.54) is 0 Å². The maximum Gasteiger partial charge on any atom is 0.317 e. The Morgan fingerprint density at radius 2 is 1.70 bits per heavy atom. The number of ether oxygens (including phenoxy) is 2. The molecule has 20 heavy (non-hydrogen) atoms. The first-order valence-corrected chi connectivity index (χ1v) is 6.65. The van der Waals surface area contributed by atoms with Crippen molar-refractivity contribution < 1.29 is 24.2 Å². The number of amides is 2. The highest BCUT2D eigenvalue weighted by Gasteiger charge is 2.32. The van der Waals surface area contributed by atoms with Crippen LogP contribution >= 0.6 is 0 Å². The molecule has 7 heteroatoms. The number of aliphatic carboxylic acids is 1. The Kier molecular flexibility index (Phi) is 8.91. The molecule has 2 amide bonds. The first kappa shape index (κ1) is 18.7. The molecule has 0 aliphatic carbocycles. The largest absolute Gasteiger partial charge is 0.481 e. The predicted molar refractivity (Wildman–Crippen MR) is 74.8 cm³/mol. The summed E-state index contributed by atoms with van der Waals surface area (Å²) in [4.78, 5) is 24.8. The average Bonchev–Trinajstić information content (AvgIpc) is 2.44. The van der Waals surface area contributed by atoms with Gasteiger partial charge >= 0.3 is 12.0 Å². The number of hydrogen-bond acceptors (Lipinski definition) is 4. The monoisotopic (exact) mass is 290 g/mol. The fourth-order valence-corrected chi connectivity index (χ4v) is 1.45. The van der Waals surface area contributed by atoms with Crippen molar-refractivity contribution in [2.24, 2.45) is 5.41 Å². The zero-order chi connectivity index (χ0) is 15.6. The van der Waals surface area contributed by atoms with Gasteiger partial charge in [-0.1, -0.05) is 6.92 Å². The van der Waals surface area contributed by atoms with Crippen molar-refractivity contribution in [3.63, 3.8) is 0 Å². The number of carboxylic acids is 1. The van der Waals surface area contributed by atoms with Crippen LogP contribution in [0.5, 0.6) is 0 Å². The van der Waals surface area contributed by atoms with Gasteiger partial charge in [0.1, 0.15) is 0 Å². The highest BCUT2D eigenvalue weighted by molar-refractivity contribution is 5.77. The molecule has 0 aliphatic heterocycles. The van der Waals surface area contributed by atoms with Crippen LogP contribution in [-0.4, -0.2) is 69.1 Å². The molecule has 7 nitrogen and oxygen atoms in total. The van der Waals surface area contributed by atoms with Crippen LogP contribution in [-0.2, 0) is 14.3 Å². The summed E-state index contributed by atoms with van der Waals surface area (Å²) in [5.74, 6) is -0.916. The predicted octanol–water partition coefficient (Wildman–Crippen LogP) is 0.792. The number of urea groups is 1. The summed E-state index contributed by atoms with van der Waals surface area (Å²) in [6, 6.07) is -0.306. The number of nitrogens with zero attached hydrogens (tertiary/aromatic N) is 1. The van der Waals surface area contributed by atoms with Crippen molar-refractivity contribution in [3.05, 3.63) is 0 Å². The third kappa shape index (κ3) is 6.21. The van der Waals surface area contributed by atoms with E-state index in [1.807, 2.05) is 0 Å². The van der Waals surface area contributed by atoms with Gasteiger partial charge in [0.25, 0.3) is 0 Å². The molecule has 118 valence electrons. The zero-order valence-corrected chi connectivity index (χ0v) is 12.8. The first-order chi connectivity index (χ1) is 9.41. The van der Waals surface area contributed by atoms with E-state index in [0.29, 0.717) is 32.7 Å². The van der Waals surface area contributed by atoms with Gasteiger partial charge in [0.15, 0.2) is 0 Å². The molecule has 2 N–H and O–H groups in total. The van der Waals surface area contributed by atoms with Gasteiger partial charge in [0, 0.05) is 33.9 Å². The number of rotatable bonds is 10. The summed E-state index contributed by atoms with van der Waals surface area (Å²) in [7, 11) is 3.12. The van der Waals surface area contributed by atoms with Crippen LogP contribution in [0.2, 0.25) is 0 Å². The second-order valence-corrected chi connectivity index (χ2v) is 4.85. The van der Waals surface area contributed by atoms with Crippen LogP contribution < -0.4 is 5.32 Å². The van der Waals surface area contributed by atoms with E-state index < -0.39 is 11.4 Å². The van der Waals surface area contributed by atoms with Crippen LogP contribution in [0.3, 0.4) is 0 Å². The SMILES string of the molecule is CCC(C)(CNC(=O)N(CCOC)CCOC)C(=O)O. The molecule has 0 aliphatic rings. The maximum absolute atomic E-state index is 12.1. The van der Waals surface area contributed by atoms with E-state index in [0.717, 1.165) is 0 Å². The van der Waals surface area contributed by atoms with E-state index in [4.69, 9.17) is 14.6 Å². The van der Waals surface area contributed by atoms with E-state index in [2.05, 4.69) is 5.32 Å². The standard InChI is InChI=1S/C13H26N2O5/c1-5-13(2,11(16)17)10-14-12(18)15(6-8-19-3)7-9-20-4/h5-10H2,1-4H3,(H,14,18)(H,16,17). The van der Waals surface area contributed by atoms with Gasteiger partial charge in [-0.05, 0) is 13.3 Å². The molecule has 1 unspecified atom stereocenters. The molecular weight excluding hydrogens is 264 g/mol. The number of hydrogen-bond donors (Lipinski definition) is 2. The van der Waals surface area contributed by atoms with Crippen LogP contribution in [0.25, 0.3) is 0 Å². The van der Waals surface area contributed by atoms with Crippen LogP contribution in [0.1, 0.15) is 20.3 Å². The molecule has 0 radical (unpaired) electrons. The highest BCUT2D eigenvalue weighted by atomic mass is 16.5.